The third-order valence-electron chi connectivity index (χ3n) is 5.51. The Morgan fingerprint density at radius 2 is 1.96 bits per heavy atom. The van der Waals surface area contributed by atoms with Gasteiger partial charge in [0.2, 0.25) is 0 Å². The standard InChI is InChI=1S/C23H23NO2S/c1-23(2,3)15-11-14(12-16-7-6-10-27-16)21-18(13-15)20(22(25)26)17-8-4-5-9-19(17)24-21/h4-10,12,15H,11,13H2,1-3H3,(H,25,26)/b14-12-/t15-/m0/s1. The summed E-state index contributed by atoms with van der Waals surface area (Å²) in [6.07, 6.45) is 3.85. The zero-order valence-corrected chi connectivity index (χ0v) is 16.6. The fourth-order valence-electron chi connectivity index (χ4n) is 3.93. The number of para-hydroxylation sites is 1. The first-order chi connectivity index (χ1) is 12.8. The number of carbonyl (C=O) groups is 1. The number of aromatic nitrogens is 1. The van der Waals surface area contributed by atoms with Crippen molar-refractivity contribution in [3.63, 3.8) is 0 Å². The summed E-state index contributed by atoms with van der Waals surface area (Å²) in [5, 5.41) is 12.8. The maximum atomic E-state index is 12.2. The number of rotatable bonds is 2. The van der Waals surface area contributed by atoms with E-state index in [4.69, 9.17) is 4.98 Å². The van der Waals surface area contributed by atoms with Gasteiger partial charge in [-0.2, -0.15) is 0 Å². The summed E-state index contributed by atoms with van der Waals surface area (Å²) in [5.41, 5.74) is 4.15. The molecular weight excluding hydrogens is 354 g/mol. The molecule has 4 heteroatoms. The van der Waals surface area contributed by atoms with Gasteiger partial charge in [-0.15, -0.1) is 11.3 Å². The molecular formula is C23H23NO2S. The van der Waals surface area contributed by atoms with Crippen molar-refractivity contribution in [1.82, 2.24) is 4.98 Å². The molecule has 1 aliphatic carbocycles. The van der Waals surface area contributed by atoms with Crippen molar-refractivity contribution < 1.29 is 9.90 Å². The molecule has 3 nitrogen and oxygen atoms in total. The second-order valence-corrected chi connectivity index (χ2v) is 9.27. The molecule has 2 aromatic heterocycles. The molecule has 0 unspecified atom stereocenters. The number of carboxylic acids is 1. The number of thiophene rings is 1. The summed E-state index contributed by atoms with van der Waals surface area (Å²) in [7, 11) is 0. The van der Waals surface area contributed by atoms with Crippen LogP contribution in [0.4, 0.5) is 0 Å². The molecule has 0 aliphatic heterocycles. The van der Waals surface area contributed by atoms with Crippen LogP contribution in [-0.2, 0) is 6.42 Å². The number of hydrogen-bond donors (Lipinski definition) is 1. The van der Waals surface area contributed by atoms with Crippen LogP contribution in [-0.4, -0.2) is 16.1 Å². The topological polar surface area (TPSA) is 50.2 Å². The van der Waals surface area contributed by atoms with Crippen LogP contribution in [0.25, 0.3) is 22.6 Å². The largest absolute Gasteiger partial charge is 0.478 e. The van der Waals surface area contributed by atoms with Crippen LogP contribution in [0.2, 0.25) is 0 Å². The number of carboxylic acid groups (broad SMARTS) is 1. The number of allylic oxidation sites excluding steroid dienone is 1. The lowest BCUT2D eigenvalue weighted by molar-refractivity contribution is 0.0696. The lowest BCUT2D eigenvalue weighted by Crippen LogP contribution is -2.28. The van der Waals surface area contributed by atoms with E-state index in [-0.39, 0.29) is 5.41 Å². The van der Waals surface area contributed by atoms with Crippen molar-refractivity contribution in [1.29, 1.82) is 0 Å². The highest BCUT2D eigenvalue weighted by Gasteiger charge is 2.35. The molecule has 0 bridgehead atoms. The third kappa shape index (κ3) is 3.30. The lowest BCUT2D eigenvalue weighted by atomic mass is 9.69. The van der Waals surface area contributed by atoms with Crippen LogP contribution >= 0.6 is 11.3 Å². The van der Waals surface area contributed by atoms with E-state index in [2.05, 4.69) is 38.3 Å². The van der Waals surface area contributed by atoms with Crippen LogP contribution in [0, 0.1) is 11.3 Å². The minimum absolute atomic E-state index is 0.0909. The van der Waals surface area contributed by atoms with E-state index in [1.54, 1.807) is 11.3 Å². The molecule has 27 heavy (non-hydrogen) atoms. The average Bonchev–Trinajstić information content (AvgIpc) is 3.11. The molecule has 4 rings (SSSR count). The molecule has 1 aliphatic rings. The number of hydrogen-bond acceptors (Lipinski definition) is 3. The van der Waals surface area contributed by atoms with Crippen molar-refractivity contribution in [3.05, 3.63) is 63.5 Å². The molecule has 138 valence electrons. The number of nitrogens with zero attached hydrogens (tertiary/aromatic N) is 1. The summed E-state index contributed by atoms with van der Waals surface area (Å²) in [6, 6.07) is 11.7. The fraction of sp³-hybridized carbons (Fsp3) is 0.304. The number of fused-ring (bicyclic) bond motifs is 2. The van der Waals surface area contributed by atoms with Gasteiger partial charge >= 0.3 is 5.97 Å². The smallest absolute Gasteiger partial charge is 0.336 e. The Labute approximate surface area is 163 Å². The second-order valence-electron chi connectivity index (χ2n) is 8.29. The average molecular weight is 378 g/mol. The molecule has 0 amide bonds. The molecule has 0 saturated carbocycles. The summed E-state index contributed by atoms with van der Waals surface area (Å²) < 4.78 is 0. The van der Waals surface area contributed by atoms with Crippen molar-refractivity contribution in [3.8, 4) is 0 Å². The van der Waals surface area contributed by atoms with Gasteiger partial charge in [0.15, 0.2) is 0 Å². The van der Waals surface area contributed by atoms with Crippen LogP contribution in [0.1, 0.15) is 53.7 Å². The summed E-state index contributed by atoms with van der Waals surface area (Å²) in [5.74, 6) is -0.493. The van der Waals surface area contributed by atoms with Crippen molar-refractivity contribution >= 4 is 39.9 Å². The van der Waals surface area contributed by atoms with Gasteiger partial charge in [0, 0.05) is 10.3 Å². The van der Waals surface area contributed by atoms with Gasteiger partial charge < -0.3 is 5.11 Å². The first-order valence-electron chi connectivity index (χ1n) is 9.24. The van der Waals surface area contributed by atoms with Crippen LogP contribution in [0.3, 0.4) is 0 Å². The maximum absolute atomic E-state index is 12.2. The molecule has 3 aromatic rings. The van der Waals surface area contributed by atoms with E-state index in [1.165, 1.54) is 4.88 Å². The molecule has 0 fully saturated rings. The molecule has 2 heterocycles. The molecule has 0 saturated heterocycles. The number of aromatic carboxylic acids is 1. The van der Waals surface area contributed by atoms with E-state index < -0.39 is 5.97 Å². The van der Waals surface area contributed by atoms with Crippen LogP contribution < -0.4 is 0 Å². The third-order valence-corrected chi connectivity index (χ3v) is 6.33. The van der Waals surface area contributed by atoms with Gasteiger partial charge in [-0.05, 0) is 58.9 Å². The highest BCUT2D eigenvalue weighted by Crippen LogP contribution is 2.44. The van der Waals surface area contributed by atoms with E-state index in [9.17, 15) is 9.90 Å². The normalized spacial score (nSPS) is 18.6. The highest BCUT2D eigenvalue weighted by molar-refractivity contribution is 7.10. The Kier molecular flexibility index (Phi) is 4.39. The Bertz CT molecular complexity index is 1040. The molecule has 1 N–H and O–H groups in total. The minimum atomic E-state index is -0.866. The molecule has 1 atom stereocenters. The monoisotopic (exact) mass is 377 g/mol. The van der Waals surface area contributed by atoms with E-state index in [0.29, 0.717) is 11.5 Å². The zero-order chi connectivity index (χ0) is 19.2. The summed E-state index contributed by atoms with van der Waals surface area (Å²) >= 11 is 1.69. The van der Waals surface area contributed by atoms with E-state index in [0.717, 1.165) is 40.6 Å². The van der Waals surface area contributed by atoms with Crippen molar-refractivity contribution in [2.24, 2.45) is 11.3 Å². The quantitative estimate of drug-likeness (QED) is 0.583. The van der Waals surface area contributed by atoms with E-state index in [1.807, 2.05) is 30.3 Å². The Balaban J connectivity index is 2.01. The fourth-order valence-corrected chi connectivity index (χ4v) is 4.61. The summed E-state index contributed by atoms with van der Waals surface area (Å²) in [6.45, 7) is 6.71. The van der Waals surface area contributed by atoms with Gasteiger partial charge in [0.25, 0.3) is 0 Å². The molecule has 1 aromatic carbocycles. The Morgan fingerprint density at radius 1 is 1.19 bits per heavy atom. The van der Waals surface area contributed by atoms with Gasteiger partial charge in [0.1, 0.15) is 0 Å². The lowest BCUT2D eigenvalue weighted by Gasteiger charge is -2.36. The first-order valence-corrected chi connectivity index (χ1v) is 10.1. The van der Waals surface area contributed by atoms with Gasteiger partial charge in [-0.1, -0.05) is 45.0 Å². The minimum Gasteiger partial charge on any atom is -0.478 e. The Morgan fingerprint density at radius 3 is 2.63 bits per heavy atom. The van der Waals surface area contributed by atoms with Gasteiger partial charge in [-0.25, -0.2) is 9.78 Å². The zero-order valence-electron chi connectivity index (χ0n) is 15.8. The van der Waals surface area contributed by atoms with Gasteiger partial charge in [-0.3, -0.25) is 0 Å². The SMILES string of the molecule is CC(C)(C)[C@H]1C/C(=C/c2cccs2)c2nc3ccccc3c(C(=O)O)c2C1. The highest BCUT2D eigenvalue weighted by atomic mass is 32.1. The van der Waals surface area contributed by atoms with E-state index >= 15 is 0 Å². The second kappa shape index (κ2) is 6.61. The summed E-state index contributed by atoms with van der Waals surface area (Å²) in [4.78, 5) is 18.3. The predicted molar refractivity (Wildman–Crippen MR) is 112 cm³/mol. The van der Waals surface area contributed by atoms with Crippen molar-refractivity contribution in [2.75, 3.05) is 0 Å². The molecule has 0 spiro atoms. The Hall–Kier alpha value is -2.46. The van der Waals surface area contributed by atoms with Gasteiger partial charge in [0.05, 0.1) is 16.8 Å². The number of pyridine rings is 1. The predicted octanol–water partition coefficient (Wildman–Crippen LogP) is 6.14. The molecule has 0 radical (unpaired) electrons. The van der Waals surface area contributed by atoms with Crippen LogP contribution in [0.5, 0.6) is 0 Å². The maximum Gasteiger partial charge on any atom is 0.336 e. The first kappa shape index (κ1) is 17.9. The van der Waals surface area contributed by atoms with Crippen LogP contribution in [0.15, 0.2) is 41.8 Å². The van der Waals surface area contributed by atoms with Crippen molar-refractivity contribution in [2.45, 2.75) is 33.6 Å². The number of benzene rings is 1.